The molecule has 0 unspecified atom stereocenters. The van der Waals surface area contributed by atoms with Crippen LogP contribution in [0.5, 0.6) is 0 Å². The lowest BCUT2D eigenvalue weighted by Crippen LogP contribution is -2.30. The third-order valence-corrected chi connectivity index (χ3v) is 3.93. The third kappa shape index (κ3) is 2.36. The van der Waals surface area contributed by atoms with Crippen LogP contribution in [0.1, 0.15) is 21.5 Å². The van der Waals surface area contributed by atoms with E-state index in [1.807, 2.05) is 12.1 Å². The standard InChI is InChI=1S/C16H14ClNO/c17-16-9-15(6-5-14(16)11-19)18-8-7-12-3-1-2-4-13(12)10-18/h1-6,9,11H,7-8,10H2. The number of anilines is 1. The summed E-state index contributed by atoms with van der Waals surface area (Å²) in [6.07, 6.45) is 1.83. The Bertz CT molecular complexity index is 624. The molecule has 1 heterocycles. The Balaban J connectivity index is 1.89. The molecule has 0 N–H and O–H groups in total. The molecule has 0 aromatic heterocycles. The van der Waals surface area contributed by atoms with Crippen LogP contribution in [0.15, 0.2) is 42.5 Å². The predicted octanol–water partition coefficient (Wildman–Crippen LogP) is 3.72. The van der Waals surface area contributed by atoms with Gasteiger partial charge in [-0.05, 0) is 35.7 Å². The second kappa shape index (κ2) is 5.06. The van der Waals surface area contributed by atoms with Crippen LogP contribution in [0, 0.1) is 0 Å². The van der Waals surface area contributed by atoms with Crippen LogP contribution in [0.2, 0.25) is 5.02 Å². The van der Waals surface area contributed by atoms with Crippen molar-refractivity contribution in [3.63, 3.8) is 0 Å². The number of rotatable bonds is 2. The normalized spacial score (nSPS) is 14.1. The summed E-state index contributed by atoms with van der Waals surface area (Å²) in [7, 11) is 0. The number of halogens is 1. The number of hydrogen-bond donors (Lipinski definition) is 0. The maximum absolute atomic E-state index is 10.8. The van der Waals surface area contributed by atoms with Gasteiger partial charge in [0.15, 0.2) is 6.29 Å². The number of fused-ring (bicyclic) bond motifs is 1. The highest BCUT2D eigenvalue weighted by molar-refractivity contribution is 6.33. The first-order chi connectivity index (χ1) is 9.28. The summed E-state index contributed by atoms with van der Waals surface area (Å²) in [6.45, 7) is 1.88. The molecule has 0 spiro atoms. The van der Waals surface area contributed by atoms with Crippen molar-refractivity contribution in [2.75, 3.05) is 11.4 Å². The molecule has 3 heteroatoms. The number of benzene rings is 2. The van der Waals surface area contributed by atoms with E-state index in [-0.39, 0.29) is 0 Å². The second-order valence-corrected chi connectivity index (χ2v) is 5.17. The van der Waals surface area contributed by atoms with Gasteiger partial charge < -0.3 is 4.90 Å². The molecule has 2 nitrogen and oxygen atoms in total. The average Bonchev–Trinajstić information content (AvgIpc) is 2.46. The lowest BCUT2D eigenvalue weighted by Gasteiger charge is -2.31. The van der Waals surface area contributed by atoms with Crippen molar-refractivity contribution in [2.45, 2.75) is 13.0 Å². The van der Waals surface area contributed by atoms with Gasteiger partial charge in [-0.15, -0.1) is 0 Å². The first kappa shape index (κ1) is 12.2. The molecule has 2 aromatic rings. The summed E-state index contributed by atoms with van der Waals surface area (Å²) in [5.41, 5.74) is 4.41. The van der Waals surface area contributed by atoms with Crippen molar-refractivity contribution in [1.29, 1.82) is 0 Å². The molecule has 0 atom stereocenters. The molecule has 0 bridgehead atoms. The van der Waals surface area contributed by atoms with Crippen LogP contribution in [0.4, 0.5) is 5.69 Å². The molecule has 0 saturated carbocycles. The van der Waals surface area contributed by atoms with E-state index in [1.165, 1.54) is 11.1 Å². The van der Waals surface area contributed by atoms with E-state index in [0.29, 0.717) is 10.6 Å². The number of aldehydes is 1. The van der Waals surface area contributed by atoms with Gasteiger partial charge in [-0.3, -0.25) is 4.79 Å². The molecule has 0 saturated heterocycles. The molecule has 3 rings (SSSR count). The topological polar surface area (TPSA) is 20.3 Å². The summed E-state index contributed by atoms with van der Waals surface area (Å²) in [5, 5.41) is 0.520. The summed E-state index contributed by atoms with van der Waals surface area (Å²) in [6, 6.07) is 14.1. The smallest absolute Gasteiger partial charge is 0.151 e. The average molecular weight is 272 g/mol. The van der Waals surface area contributed by atoms with Gasteiger partial charge in [-0.1, -0.05) is 35.9 Å². The minimum Gasteiger partial charge on any atom is -0.367 e. The fourth-order valence-corrected chi connectivity index (χ4v) is 2.74. The van der Waals surface area contributed by atoms with Gasteiger partial charge in [0.2, 0.25) is 0 Å². The Morgan fingerprint density at radius 3 is 2.63 bits per heavy atom. The number of carbonyl (C=O) groups excluding carboxylic acids is 1. The van der Waals surface area contributed by atoms with E-state index in [2.05, 4.69) is 29.2 Å². The van der Waals surface area contributed by atoms with E-state index in [1.54, 1.807) is 6.07 Å². The molecule has 19 heavy (non-hydrogen) atoms. The van der Waals surface area contributed by atoms with E-state index < -0.39 is 0 Å². The van der Waals surface area contributed by atoms with Crippen molar-refractivity contribution in [3.05, 3.63) is 64.2 Å². The van der Waals surface area contributed by atoms with Crippen molar-refractivity contribution in [1.82, 2.24) is 0 Å². The molecular formula is C16H14ClNO. The van der Waals surface area contributed by atoms with Crippen LogP contribution >= 0.6 is 11.6 Å². The summed E-state index contributed by atoms with van der Waals surface area (Å²) >= 11 is 6.09. The summed E-state index contributed by atoms with van der Waals surface area (Å²) < 4.78 is 0. The highest BCUT2D eigenvalue weighted by Gasteiger charge is 2.16. The largest absolute Gasteiger partial charge is 0.367 e. The Labute approximate surface area is 117 Å². The highest BCUT2D eigenvalue weighted by atomic mass is 35.5. The lowest BCUT2D eigenvalue weighted by molar-refractivity contribution is 0.112. The van der Waals surface area contributed by atoms with Gasteiger partial charge in [0.05, 0.1) is 5.02 Å². The van der Waals surface area contributed by atoms with Crippen LogP contribution in [-0.2, 0) is 13.0 Å². The van der Waals surface area contributed by atoms with Crippen molar-refractivity contribution < 1.29 is 4.79 Å². The minimum absolute atomic E-state index is 0.520. The first-order valence-corrected chi connectivity index (χ1v) is 6.72. The fourth-order valence-electron chi connectivity index (χ4n) is 2.52. The zero-order chi connectivity index (χ0) is 13.2. The van der Waals surface area contributed by atoms with Crippen LogP contribution < -0.4 is 4.90 Å². The molecule has 1 aliphatic heterocycles. The molecule has 0 radical (unpaired) electrons. The van der Waals surface area contributed by atoms with Crippen LogP contribution in [-0.4, -0.2) is 12.8 Å². The first-order valence-electron chi connectivity index (χ1n) is 6.34. The van der Waals surface area contributed by atoms with Crippen molar-refractivity contribution >= 4 is 23.6 Å². The van der Waals surface area contributed by atoms with Gasteiger partial charge in [0, 0.05) is 24.3 Å². The zero-order valence-electron chi connectivity index (χ0n) is 10.5. The van der Waals surface area contributed by atoms with Gasteiger partial charge >= 0.3 is 0 Å². The molecule has 2 aromatic carbocycles. The lowest BCUT2D eigenvalue weighted by atomic mass is 9.99. The predicted molar refractivity (Wildman–Crippen MR) is 78.0 cm³/mol. The Kier molecular flexibility index (Phi) is 3.26. The quantitative estimate of drug-likeness (QED) is 0.776. The van der Waals surface area contributed by atoms with Crippen molar-refractivity contribution in [3.8, 4) is 0 Å². The molecule has 0 fully saturated rings. The molecule has 0 amide bonds. The molecule has 1 aliphatic rings. The summed E-state index contributed by atoms with van der Waals surface area (Å²) in [4.78, 5) is 13.1. The van der Waals surface area contributed by atoms with Gasteiger partial charge in [0.25, 0.3) is 0 Å². The zero-order valence-corrected chi connectivity index (χ0v) is 11.2. The SMILES string of the molecule is O=Cc1ccc(N2CCc3ccccc3C2)cc1Cl. The van der Waals surface area contributed by atoms with Crippen LogP contribution in [0.3, 0.4) is 0 Å². The van der Waals surface area contributed by atoms with E-state index in [9.17, 15) is 4.79 Å². The van der Waals surface area contributed by atoms with Gasteiger partial charge in [-0.2, -0.15) is 0 Å². The number of nitrogens with zero attached hydrogens (tertiary/aromatic N) is 1. The Morgan fingerprint density at radius 2 is 1.89 bits per heavy atom. The Morgan fingerprint density at radius 1 is 1.11 bits per heavy atom. The van der Waals surface area contributed by atoms with Gasteiger partial charge in [0.1, 0.15) is 0 Å². The molecule has 96 valence electrons. The fraction of sp³-hybridized carbons (Fsp3) is 0.188. The van der Waals surface area contributed by atoms with E-state index in [4.69, 9.17) is 11.6 Å². The second-order valence-electron chi connectivity index (χ2n) is 4.76. The highest BCUT2D eigenvalue weighted by Crippen LogP contribution is 2.27. The maximum Gasteiger partial charge on any atom is 0.151 e. The summed E-state index contributed by atoms with van der Waals surface area (Å²) in [5.74, 6) is 0. The molecular weight excluding hydrogens is 258 g/mol. The third-order valence-electron chi connectivity index (χ3n) is 3.61. The number of hydrogen-bond acceptors (Lipinski definition) is 2. The maximum atomic E-state index is 10.8. The molecule has 0 aliphatic carbocycles. The Hall–Kier alpha value is -1.80. The number of carbonyl (C=O) groups is 1. The van der Waals surface area contributed by atoms with Crippen molar-refractivity contribution in [2.24, 2.45) is 0 Å². The minimum atomic E-state index is 0.520. The van der Waals surface area contributed by atoms with Gasteiger partial charge in [-0.25, -0.2) is 0 Å². The van der Waals surface area contributed by atoms with Crippen LogP contribution in [0.25, 0.3) is 0 Å². The van der Waals surface area contributed by atoms with E-state index in [0.717, 1.165) is 31.5 Å². The van der Waals surface area contributed by atoms with E-state index >= 15 is 0 Å². The monoisotopic (exact) mass is 271 g/mol.